The normalized spacial score (nSPS) is 18.2. The predicted octanol–water partition coefficient (Wildman–Crippen LogP) is 2.94. The SMILES string of the molecule is CC(=O)CC(c1ccccc1F)N1CCCC1. The number of hydrogen-bond donors (Lipinski definition) is 0. The Labute approximate surface area is 101 Å². The van der Waals surface area contributed by atoms with Crippen molar-refractivity contribution in [3.05, 3.63) is 35.6 Å². The van der Waals surface area contributed by atoms with Gasteiger partial charge >= 0.3 is 0 Å². The zero-order chi connectivity index (χ0) is 12.3. The van der Waals surface area contributed by atoms with E-state index < -0.39 is 0 Å². The van der Waals surface area contributed by atoms with Crippen LogP contribution in [0.1, 0.15) is 37.8 Å². The number of hydrogen-bond acceptors (Lipinski definition) is 2. The highest BCUT2D eigenvalue weighted by Gasteiger charge is 2.26. The lowest BCUT2D eigenvalue weighted by Crippen LogP contribution is -2.28. The molecule has 0 bridgehead atoms. The van der Waals surface area contributed by atoms with Gasteiger partial charge in [0.15, 0.2) is 0 Å². The summed E-state index contributed by atoms with van der Waals surface area (Å²) >= 11 is 0. The van der Waals surface area contributed by atoms with Crippen LogP contribution in [0.3, 0.4) is 0 Å². The zero-order valence-electron chi connectivity index (χ0n) is 10.2. The average molecular weight is 235 g/mol. The fourth-order valence-corrected chi connectivity index (χ4v) is 2.51. The van der Waals surface area contributed by atoms with Gasteiger partial charge in [-0.1, -0.05) is 18.2 Å². The molecular weight excluding hydrogens is 217 g/mol. The van der Waals surface area contributed by atoms with Gasteiger partial charge in [-0.2, -0.15) is 0 Å². The molecule has 1 aromatic carbocycles. The lowest BCUT2D eigenvalue weighted by molar-refractivity contribution is -0.118. The maximum atomic E-state index is 13.8. The number of ketones is 1. The summed E-state index contributed by atoms with van der Waals surface area (Å²) in [5.74, 6) is -0.0872. The van der Waals surface area contributed by atoms with Crippen LogP contribution >= 0.6 is 0 Å². The standard InChI is InChI=1S/C14H18FNO/c1-11(17)10-14(16-8-4-5-9-16)12-6-2-3-7-13(12)15/h2-3,6-7,14H,4-5,8-10H2,1H3. The van der Waals surface area contributed by atoms with E-state index in [9.17, 15) is 9.18 Å². The van der Waals surface area contributed by atoms with Crippen LogP contribution in [0.25, 0.3) is 0 Å². The molecule has 3 heteroatoms. The van der Waals surface area contributed by atoms with Gasteiger partial charge in [0.2, 0.25) is 0 Å². The Morgan fingerprint density at radius 2 is 2.00 bits per heavy atom. The molecule has 1 fully saturated rings. The van der Waals surface area contributed by atoms with Crippen LogP contribution < -0.4 is 0 Å². The van der Waals surface area contributed by atoms with E-state index in [4.69, 9.17) is 0 Å². The molecule has 1 aliphatic heterocycles. The fraction of sp³-hybridized carbons (Fsp3) is 0.500. The minimum absolute atomic E-state index is 0.0869. The number of likely N-dealkylation sites (tertiary alicyclic amines) is 1. The Bertz CT molecular complexity index is 399. The van der Waals surface area contributed by atoms with Crippen molar-refractivity contribution in [3.8, 4) is 0 Å². The number of carbonyl (C=O) groups excluding carboxylic acids is 1. The van der Waals surface area contributed by atoms with Gasteiger partial charge < -0.3 is 0 Å². The summed E-state index contributed by atoms with van der Waals surface area (Å²) in [6.07, 6.45) is 2.69. The van der Waals surface area contributed by atoms with Crippen molar-refractivity contribution in [2.45, 2.75) is 32.2 Å². The Morgan fingerprint density at radius 1 is 1.35 bits per heavy atom. The van der Waals surface area contributed by atoms with Crippen LogP contribution in [0.2, 0.25) is 0 Å². The quantitative estimate of drug-likeness (QED) is 0.799. The number of halogens is 1. The van der Waals surface area contributed by atoms with E-state index in [0.717, 1.165) is 25.9 Å². The Balaban J connectivity index is 2.25. The topological polar surface area (TPSA) is 20.3 Å². The first-order valence-corrected chi connectivity index (χ1v) is 6.16. The second-order valence-corrected chi connectivity index (χ2v) is 4.69. The Morgan fingerprint density at radius 3 is 2.59 bits per heavy atom. The van der Waals surface area contributed by atoms with E-state index in [2.05, 4.69) is 4.90 Å². The molecule has 2 nitrogen and oxygen atoms in total. The molecule has 1 aliphatic rings. The molecule has 0 saturated carbocycles. The summed E-state index contributed by atoms with van der Waals surface area (Å²) in [5.41, 5.74) is 0.657. The maximum Gasteiger partial charge on any atom is 0.131 e. The van der Waals surface area contributed by atoms with Crippen molar-refractivity contribution in [1.29, 1.82) is 0 Å². The summed E-state index contributed by atoms with van der Waals surface area (Å²) in [4.78, 5) is 13.6. The molecule has 1 saturated heterocycles. The summed E-state index contributed by atoms with van der Waals surface area (Å²) in [6.45, 7) is 3.50. The number of Topliss-reactive ketones (excluding diaryl/α,β-unsaturated/α-hetero) is 1. The Hall–Kier alpha value is -1.22. The molecular formula is C14H18FNO. The lowest BCUT2D eigenvalue weighted by atomic mass is 10.00. The first-order valence-electron chi connectivity index (χ1n) is 6.16. The van der Waals surface area contributed by atoms with Gasteiger partial charge in [0.1, 0.15) is 11.6 Å². The van der Waals surface area contributed by atoms with Crippen molar-refractivity contribution in [2.24, 2.45) is 0 Å². The third-order valence-electron chi connectivity index (χ3n) is 3.33. The number of rotatable bonds is 4. The van der Waals surface area contributed by atoms with Gasteiger partial charge in [-0.25, -0.2) is 4.39 Å². The van der Waals surface area contributed by atoms with Crippen molar-refractivity contribution in [1.82, 2.24) is 4.90 Å². The van der Waals surface area contributed by atoms with Crippen molar-refractivity contribution < 1.29 is 9.18 Å². The first kappa shape index (κ1) is 12.2. The predicted molar refractivity (Wildman–Crippen MR) is 65.2 cm³/mol. The molecule has 0 radical (unpaired) electrons. The van der Waals surface area contributed by atoms with E-state index in [1.54, 1.807) is 19.1 Å². The molecule has 92 valence electrons. The van der Waals surface area contributed by atoms with Gasteiger partial charge in [0, 0.05) is 18.0 Å². The monoisotopic (exact) mass is 235 g/mol. The molecule has 0 N–H and O–H groups in total. The zero-order valence-corrected chi connectivity index (χ0v) is 10.2. The van der Waals surface area contributed by atoms with Gasteiger partial charge in [-0.15, -0.1) is 0 Å². The first-order chi connectivity index (χ1) is 8.18. The summed E-state index contributed by atoms with van der Waals surface area (Å²) in [7, 11) is 0. The second-order valence-electron chi connectivity index (χ2n) is 4.69. The molecule has 0 aliphatic carbocycles. The van der Waals surface area contributed by atoms with Crippen LogP contribution in [-0.4, -0.2) is 23.8 Å². The smallest absolute Gasteiger partial charge is 0.131 e. The molecule has 1 aromatic rings. The molecule has 0 aromatic heterocycles. The highest BCUT2D eigenvalue weighted by molar-refractivity contribution is 5.76. The van der Waals surface area contributed by atoms with Crippen LogP contribution in [0.15, 0.2) is 24.3 Å². The highest BCUT2D eigenvalue weighted by Crippen LogP contribution is 2.29. The van der Waals surface area contributed by atoms with Gasteiger partial charge in [-0.05, 0) is 38.9 Å². The second kappa shape index (κ2) is 5.41. The number of carbonyl (C=O) groups is 1. The minimum atomic E-state index is -0.203. The maximum absolute atomic E-state index is 13.8. The average Bonchev–Trinajstić information content (AvgIpc) is 2.80. The summed E-state index contributed by atoms with van der Waals surface area (Å²) < 4.78 is 13.8. The van der Waals surface area contributed by atoms with Gasteiger partial charge in [-0.3, -0.25) is 9.69 Å². The summed E-state index contributed by atoms with van der Waals surface area (Å²) in [6, 6.07) is 6.70. The number of benzene rings is 1. The van der Waals surface area contributed by atoms with E-state index in [1.807, 2.05) is 6.07 Å². The van der Waals surface area contributed by atoms with Gasteiger partial charge in [0.05, 0.1) is 0 Å². The van der Waals surface area contributed by atoms with Crippen molar-refractivity contribution in [3.63, 3.8) is 0 Å². The molecule has 17 heavy (non-hydrogen) atoms. The van der Waals surface area contributed by atoms with Crippen LogP contribution in [0.5, 0.6) is 0 Å². The summed E-state index contributed by atoms with van der Waals surface area (Å²) in [5, 5.41) is 0. The highest BCUT2D eigenvalue weighted by atomic mass is 19.1. The molecule has 0 amide bonds. The molecule has 1 unspecified atom stereocenters. The van der Waals surface area contributed by atoms with E-state index in [-0.39, 0.29) is 17.6 Å². The third kappa shape index (κ3) is 2.91. The van der Waals surface area contributed by atoms with Crippen molar-refractivity contribution >= 4 is 5.78 Å². The van der Waals surface area contributed by atoms with Crippen molar-refractivity contribution in [2.75, 3.05) is 13.1 Å². The van der Waals surface area contributed by atoms with Gasteiger partial charge in [0.25, 0.3) is 0 Å². The third-order valence-corrected chi connectivity index (χ3v) is 3.33. The van der Waals surface area contributed by atoms with E-state index in [1.165, 1.54) is 6.07 Å². The molecule has 2 rings (SSSR count). The Kier molecular flexibility index (Phi) is 3.89. The van der Waals surface area contributed by atoms with Crippen LogP contribution in [0.4, 0.5) is 4.39 Å². The van der Waals surface area contributed by atoms with E-state index >= 15 is 0 Å². The molecule has 0 spiro atoms. The molecule has 1 atom stereocenters. The van der Waals surface area contributed by atoms with Crippen LogP contribution in [0, 0.1) is 5.82 Å². The fourth-order valence-electron chi connectivity index (χ4n) is 2.51. The molecule has 1 heterocycles. The largest absolute Gasteiger partial charge is 0.300 e. The number of nitrogens with zero attached hydrogens (tertiary/aromatic N) is 1. The van der Waals surface area contributed by atoms with Crippen LogP contribution in [-0.2, 0) is 4.79 Å². The van der Waals surface area contributed by atoms with E-state index in [0.29, 0.717) is 12.0 Å². The lowest BCUT2D eigenvalue weighted by Gasteiger charge is -2.27. The minimum Gasteiger partial charge on any atom is -0.300 e.